The molecule has 6 heteroatoms. The van der Waals surface area contributed by atoms with Gasteiger partial charge in [-0.1, -0.05) is 33.6 Å². The number of hydrogen-bond acceptors (Lipinski definition) is 2. The first kappa shape index (κ1) is 15.2. The maximum atomic E-state index is 13.2. The average Bonchev–Trinajstić information content (AvgIpc) is 2.40. The third-order valence-electron chi connectivity index (χ3n) is 2.83. The molecule has 0 aromatic heterocycles. The van der Waals surface area contributed by atoms with E-state index in [1.54, 1.807) is 6.07 Å². The molecule has 0 fully saturated rings. The molecule has 0 amide bonds. The highest BCUT2D eigenvalue weighted by Crippen LogP contribution is 2.30. The molecule has 2 nitrogen and oxygen atoms in total. The van der Waals surface area contributed by atoms with Crippen LogP contribution in [0.5, 0.6) is 0 Å². The van der Waals surface area contributed by atoms with Crippen LogP contribution in [0.25, 0.3) is 0 Å². The lowest BCUT2D eigenvalue weighted by Gasteiger charge is -2.20. The Morgan fingerprint density at radius 2 is 1.80 bits per heavy atom. The molecule has 0 aliphatic rings. The van der Waals surface area contributed by atoms with Crippen LogP contribution in [0.1, 0.15) is 11.6 Å². The Kier molecular flexibility index (Phi) is 4.96. The van der Waals surface area contributed by atoms with Gasteiger partial charge in [-0.3, -0.25) is 0 Å². The summed E-state index contributed by atoms with van der Waals surface area (Å²) >= 11 is 9.30. The SMILES string of the molecule is NCC(Nc1cc(F)ccc1Cl)c1ccc(F)cc1Br. The summed E-state index contributed by atoms with van der Waals surface area (Å²) in [6, 6.07) is 8.04. The van der Waals surface area contributed by atoms with Crippen LogP contribution in [0.3, 0.4) is 0 Å². The first-order chi connectivity index (χ1) is 9.51. The predicted octanol–water partition coefficient (Wildman–Crippen LogP) is 4.49. The summed E-state index contributed by atoms with van der Waals surface area (Å²) in [5.41, 5.74) is 6.95. The fraction of sp³-hybridized carbons (Fsp3) is 0.143. The zero-order valence-electron chi connectivity index (χ0n) is 10.3. The number of benzene rings is 2. The number of nitrogens with two attached hydrogens (primary N) is 1. The van der Waals surface area contributed by atoms with Crippen LogP contribution in [0, 0.1) is 11.6 Å². The summed E-state index contributed by atoms with van der Waals surface area (Å²) in [7, 11) is 0. The second-order valence-corrected chi connectivity index (χ2v) is 5.48. The third kappa shape index (κ3) is 3.48. The van der Waals surface area contributed by atoms with E-state index in [1.807, 2.05) is 0 Å². The molecule has 0 bridgehead atoms. The summed E-state index contributed by atoms with van der Waals surface area (Å²) in [5, 5.41) is 3.46. The van der Waals surface area contributed by atoms with Gasteiger partial charge in [0.05, 0.1) is 16.8 Å². The van der Waals surface area contributed by atoms with Crippen molar-refractivity contribution in [3.05, 3.63) is 63.1 Å². The number of hydrogen-bond donors (Lipinski definition) is 2. The summed E-state index contributed by atoms with van der Waals surface area (Å²) in [6.45, 7) is 0.247. The first-order valence-corrected chi connectivity index (χ1v) is 7.05. The molecule has 0 aliphatic carbocycles. The monoisotopic (exact) mass is 360 g/mol. The van der Waals surface area contributed by atoms with Crippen LogP contribution < -0.4 is 11.1 Å². The Morgan fingerprint density at radius 1 is 1.15 bits per heavy atom. The second-order valence-electron chi connectivity index (χ2n) is 4.22. The van der Waals surface area contributed by atoms with Crippen LogP contribution in [-0.4, -0.2) is 6.54 Å². The molecule has 106 valence electrons. The van der Waals surface area contributed by atoms with Gasteiger partial charge in [0.2, 0.25) is 0 Å². The van der Waals surface area contributed by atoms with E-state index in [4.69, 9.17) is 17.3 Å². The maximum absolute atomic E-state index is 13.2. The lowest BCUT2D eigenvalue weighted by molar-refractivity contribution is 0.624. The van der Waals surface area contributed by atoms with E-state index in [9.17, 15) is 8.78 Å². The van der Waals surface area contributed by atoms with Crippen molar-refractivity contribution in [3.8, 4) is 0 Å². The van der Waals surface area contributed by atoms with E-state index in [-0.39, 0.29) is 18.4 Å². The molecule has 1 atom stereocenters. The van der Waals surface area contributed by atoms with E-state index in [1.165, 1.54) is 30.3 Å². The standard InChI is InChI=1S/C14H12BrClF2N2/c15-11-5-8(17)1-3-10(11)14(7-19)20-13-6-9(18)2-4-12(13)16/h1-6,14,20H,7,19H2. The summed E-state index contributed by atoms with van der Waals surface area (Å²) in [5.74, 6) is -0.744. The summed E-state index contributed by atoms with van der Waals surface area (Å²) in [4.78, 5) is 0. The number of nitrogens with one attached hydrogen (secondary N) is 1. The molecular weight excluding hydrogens is 350 g/mol. The minimum absolute atomic E-state index is 0.247. The summed E-state index contributed by atoms with van der Waals surface area (Å²) in [6.07, 6.45) is 0. The minimum atomic E-state index is -0.397. The number of halogens is 4. The lowest BCUT2D eigenvalue weighted by atomic mass is 10.1. The van der Waals surface area contributed by atoms with E-state index < -0.39 is 5.82 Å². The maximum Gasteiger partial charge on any atom is 0.125 e. The Hall–Kier alpha value is -1.17. The molecule has 0 saturated carbocycles. The fourth-order valence-electron chi connectivity index (χ4n) is 1.84. The second kappa shape index (κ2) is 6.52. The van der Waals surface area contributed by atoms with E-state index >= 15 is 0 Å². The van der Waals surface area contributed by atoms with Gasteiger partial charge in [-0.2, -0.15) is 0 Å². The van der Waals surface area contributed by atoms with Gasteiger partial charge in [0, 0.05) is 11.0 Å². The molecule has 0 saturated heterocycles. The van der Waals surface area contributed by atoms with Gasteiger partial charge in [0.25, 0.3) is 0 Å². The zero-order valence-corrected chi connectivity index (χ0v) is 12.7. The van der Waals surface area contributed by atoms with Gasteiger partial charge in [-0.25, -0.2) is 8.78 Å². The highest BCUT2D eigenvalue weighted by atomic mass is 79.9. The Morgan fingerprint density at radius 3 is 2.45 bits per heavy atom. The van der Waals surface area contributed by atoms with Crippen molar-refractivity contribution in [1.29, 1.82) is 0 Å². The topological polar surface area (TPSA) is 38.0 Å². The molecule has 1 unspecified atom stereocenters. The van der Waals surface area contributed by atoms with E-state index in [0.29, 0.717) is 15.2 Å². The van der Waals surface area contributed by atoms with Crippen LogP contribution in [0.4, 0.5) is 14.5 Å². The molecule has 20 heavy (non-hydrogen) atoms. The fourth-order valence-corrected chi connectivity index (χ4v) is 2.64. The molecule has 2 aromatic rings. The van der Waals surface area contributed by atoms with Gasteiger partial charge in [0.15, 0.2) is 0 Å². The highest BCUT2D eigenvalue weighted by Gasteiger charge is 2.15. The zero-order chi connectivity index (χ0) is 14.7. The van der Waals surface area contributed by atoms with E-state index in [2.05, 4.69) is 21.2 Å². The Balaban J connectivity index is 2.31. The first-order valence-electron chi connectivity index (χ1n) is 5.88. The van der Waals surface area contributed by atoms with Crippen molar-refractivity contribution < 1.29 is 8.78 Å². The van der Waals surface area contributed by atoms with Crippen molar-refractivity contribution in [2.75, 3.05) is 11.9 Å². The minimum Gasteiger partial charge on any atom is -0.376 e. The molecule has 0 radical (unpaired) electrons. The average molecular weight is 362 g/mol. The molecule has 3 N–H and O–H groups in total. The van der Waals surface area contributed by atoms with Crippen LogP contribution in [0.2, 0.25) is 5.02 Å². The summed E-state index contributed by atoms with van der Waals surface area (Å²) < 4.78 is 26.9. The molecular formula is C14H12BrClF2N2. The molecule has 0 spiro atoms. The largest absolute Gasteiger partial charge is 0.376 e. The Bertz CT molecular complexity index is 622. The van der Waals surface area contributed by atoms with Gasteiger partial charge >= 0.3 is 0 Å². The normalized spacial score (nSPS) is 12.2. The quantitative estimate of drug-likeness (QED) is 0.842. The van der Waals surface area contributed by atoms with Crippen molar-refractivity contribution in [1.82, 2.24) is 0 Å². The van der Waals surface area contributed by atoms with Crippen LogP contribution >= 0.6 is 27.5 Å². The number of anilines is 1. The van der Waals surface area contributed by atoms with Gasteiger partial charge < -0.3 is 11.1 Å². The van der Waals surface area contributed by atoms with Crippen LogP contribution in [-0.2, 0) is 0 Å². The van der Waals surface area contributed by atoms with Crippen molar-refractivity contribution >= 4 is 33.2 Å². The number of rotatable bonds is 4. The molecule has 0 heterocycles. The molecule has 2 rings (SSSR count). The van der Waals surface area contributed by atoms with Gasteiger partial charge in [0.1, 0.15) is 11.6 Å². The van der Waals surface area contributed by atoms with Crippen LogP contribution in [0.15, 0.2) is 40.9 Å². The third-order valence-corrected chi connectivity index (χ3v) is 3.85. The van der Waals surface area contributed by atoms with Crippen molar-refractivity contribution in [2.45, 2.75) is 6.04 Å². The van der Waals surface area contributed by atoms with E-state index in [0.717, 1.165) is 5.56 Å². The van der Waals surface area contributed by atoms with Crippen molar-refractivity contribution in [2.24, 2.45) is 5.73 Å². The van der Waals surface area contributed by atoms with Gasteiger partial charge in [-0.15, -0.1) is 0 Å². The predicted molar refractivity (Wildman–Crippen MR) is 80.9 cm³/mol. The highest BCUT2D eigenvalue weighted by molar-refractivity contribution is 9.10. The lowest BCUT2D eigenvalue weighted by Crippen LogP contribution is -2.21. The molecule has 0 aliphatic heterocycles. The van der Waals surface area contributed by atoms with Crippen molar-refractivity contribution in [3.63, 3.8) is 0 Å². The Labute approximate surface area is 129 Å². The smallest absolute Gasteiger partial charge is 0.125 e. The molecule has 2 aromatic carbocycles. The van der Waals surface area contributed by atoms with Gasteiger partial charge in [-0.05, 0) is 35.9 Å².